The van der Waals surface area contributed by atoms with E-state index in [1.165, 1.54) is 6.07 Å². The lowest BCUT2D eigenvalue weighted by Crippen LogP contribution is -2.46. The van der Waals surface area contributed by atoms with Gasteiger partial charge in [-0.3, -0.25) is 4.90 Å². The van der Waals surface area contributed by atoms with Crippen molar-refractivity contribution in [3.8, 4) is 5.82 Å². The fourth-order valence-corrected chi connectivity index (χ4v) is 3.52. The first-order valence-electron chi connectivity index (χ1n) is 9.16. The Labute approximate surface area is 158 Å². The third-order valence-electron chi connectivity index (χ3n) is 4.86. The highest BCUT2D eigenvalue weighted by atomic mass is 19.1. The number of hydrogen-bond acceptors (Lipinski definition) is 5. The van der Waals surface area contributed by atoms with E-state index in [2.05, 4.69) is 24.9 Å². The van der Waals surface area contributed by atoms with Gasteiger partial charge < -0.3 is 4.90 Å². The van der Waals surface area contributed by atoms with Crippen LogP contribution in [0.4, 0.5) is 10.2 Å². The summed E-state index contributed by atoms with van der Waals surface area (Å²) in [6.07, 6.45) is 1.60. The smallest absolute Gasteiger partial charge is 0.159 e. The van der Waals surface area contributed by atoms with Gasteiger partial charge in [0.2, 0.25) is 0 Å². The van der Waals surface area contributed by atoms with Crippen LogP contribution in [-0.2, 0) is 6.54 Å². The minimum atomic E-state index is -0.177. The van der Waals surface area contributed by atoms with Gasteiger partial charge in [0.15, 0.2) is 5.82 Å². The quantitative estimate of drug-likeness (QED) is 0.711. The van der Waals surface area contributed by atoms with E-state index in [-0.39, 0.29) is 5.82 Å². The van der Waals surface area contributed by atoms with E-state index < -0.39 is 0 Å². The van der Waals surface area contributed by atoms with Crippen LogP contribution in [0.1, 0.15) is 17.0 Å². The summed E-state index contributed by atoms with van der Waals surface area (Å²) in [5.41, 5.74) is 3.04. The summed E-state index contributed by atoms with van der Waals surface area (Å²) >= 11 is 0. The molecule has 140 valence electrons. The van der Waals surface area contributed by atoms with E-state index in [0.717, 1.165) is 61.3 Å². The normalized spacial score (nSPS) is 15.3. The monoisotopic (exact) mass is 366 g/mol. The van der Waals surface area contributed by atoms with Gasteiger partial charge in [-0.05, 0) is 37.6 Å². The number of anilines is 1. The highest BCUT2D eigenvalue weighted by Crippen LogP contribution is 2.18. The van der Waals surface area contributed by atoms with E-state index in [9.17, 15) is 4.39 Å². The number of nitrogens with zero attached hydrogens (tertiary/aromatic N) is 6. The van der Waals surface area contributed by atoms with Crippen molar-refractivity contribution in [1.29, 1.82) is 0 Å². The predicted octanol–water partition coefficient (Wildman–Crippen LogP) is 2.74. The van der Waals surface area contributed by atoms with Crippen LogP contribution >= 0.6 is 0 Å². The lowest BCUT2D eigenvalue weighted by Gasteiger charge is -2.35. The van der Waals surface area contributed by atoms with Crippen LogP contribution in [0.3, 0.4) is 0 Å². The van der Waals surface area contributed by atoms with Crippen LogP contribution in [0.25, 0.3) is 5.82 Å². The number of hydrogen-bond donors (Lipinski definition) is 0. The fraction of sp³-hybridized carbons (Fsp3) is 0.350. The predicted molar refractivity (Wildman–Crippen MR) is 103 cm³/mol. The standard InChI is InChI=1S/C20H23FN6/c1-15-10-16(2)27(24-15)20-12-19(22-14-23-20)26-8-6-25(7-9-26)13-17-4-3-5-18(21)11-17/h3-5,10-12,14H,6-9,13H2,1-2H3. The summed E-state index contributed by atoms with van der Waals surface area (Å²) < 4.78 is 15.2. The molecule has 6 nitrogen and oxygen atoms in total. The number of rotatable bonds is 4. The maximum atomic E-state index is 13.4. The molecule has 0 radical (unpaired) electrons. The maximum absolute atomic E-state index is 13.4. The van der Waals surface area contributed by atoms with Crippen molar-refractivity contribution in [2.24, 2.45) is 0 Å². The minimum Gasteiger partial charge on any atom is -0.354 e. The van der Waals surface area contributed by atoms with Crippen LogP contribution in [0, 0.1) is 19.7 Å². The summed E-state index contributed by atoms with van der Waals surface area (Å²) in [5, 5.41) is 4.50. The van der Waals surface area contributed by atoms with Gasteiger partial charge in [-0.15, -0.1) is 0 Å². The summed E-state index contributed by atoms with van der Waals surface area (Å²) in [5.74, 6) is 1.52. The van der Waals surface area contributed by atoms with Gasteiger partial charge in [-0.25, -0.2) is 19.0 Å². The molecule has 0 N–H and O–H groups in total. The van der Waals surface area contributed by atoms with Crippen LogP contribution in [0.2, 0.25) is 0 Å². The molecule has 0 aliphatic carbocycles. The summed E-state index contributed by atoms with van der Waals surface area (Å²) in [6.45, 7) is 8.35. The van der Waals surface area contributed by atoms with Crippen molar-refractivity contribution in [1.82, 2.24) is 24.6 Å². The highest BCUT2D eigenvalue weighted by Gasteiger charge is 2.19. The lowest BCUT2D eigenvalue weighted by atomic mass is 10.2. The number of aromatic nitrogens is 4. The van der Waals surface area contributed by atoms with Crippen molar-refractivity contribution in [3.05, 3.63) is 65.5 Å². The zero-order valence-electron chi connectivity index (χ0n) is 15.6. The van der Waals surface area contributed by atoms with Crippen molar-refractivity contribution in [3.63, 3.8) is 0 Å². The number of halogens is 1. The van der Waals surface area contributed by atoms with Crippen LogP contribution in [-0.4, -0.2) is 50.8 Å². The van der Waals surface area contributed by atoms with Crippen LogP contribution < -0.4 is 4.90 Å². The summed E-state index contributed by atoms with van der Waals surface area (Å²) in [7, 11) is 0. The average Bonchev–Trinajstić information content (AvgIpc) is 3.01. The minimum absolute atomic E-state index is 0.177. The van der Waals surface area contributed by atoms with Crippen molar-refractivity contribution in [2.75, 3.05) is 31.1 Å². The molecule has 1 aliphatic heterocycles. The largest absolute Gasteiger partial charge is 0.354 e. The molecule has 27 heavy (non-hydrogen) atoms. The second-order valence-electron chi connectivity index (χ2n) is 6.97. The number of aryl methyl sites for hydroxylation is 2. The van der Waals surface area contributed by atoms with E-state index in [1.54, 1.807) is 18.5 Å². The third-order valence-corrected chi connectivity index (χ3v) is 4.86. The molecule has 0 saturated carbocycles. The molecular formula is C20H23FN6. The second-order valence-corrected chi connectivity index (χ2v) is 6.97. The van der Waals surface area contributed by atoms with E-state index in [4.69, 9.17) is 0 Å². The Bertz CT molecular complexity index is 930. The number of benzene rings is 1. The fourth-order valence-electron chi connectivity index (χ4n) is 3.52. The van der Waals surface area contributed by atoms with Crippen LogP contribution in [0.5, 0.6) is 0 Å². The molecule has 1 fully saturated rings. The molecule has 0 unspecified atom stereocenters. The van der Waals surface area contributed by atoms with Crippen molar-refractivity contribution < 1.29 is 4.39 Å². The van der Waals surface area contributed by atoms with Gasteiger partial charge in [0.1, 0.15) is 18.0 Å². The molecule has 0 bridgehead atoms. The van der Waals surface area contributed by atoms with E-state index in [1.807, 2.05) is 36.7 Å². The van der Waals surface area contributed by atoms with Crippen molar-refractivity contribution in [2.45, 2.75) is 20.4 Å². The molecule has 0 spiro atoms. The third kappa shape index (κ3) is 3.98. The molecule has 3 heterocycles. The van der Waals surface area contributed by atoms with Gasteiger partial charge in [0.25, 0.3) is 0 Å². The van der Waals surface area contributed by atoms with Crippen molar-refractivity contribution >= 4 is 5.82 Å². The molecular weight excluding hydrogens is 343 g/mol. The van der Waals surface area contributed by atoms with Gasteiger partial charge in [-0.2, -0.15) is 5.10 Å². The Morgan fingerprint density at radius 2 is 1.74 bits per heavy atom. The molecule has 3 aromatic rings. The Morgan fingerprint density at radius 3 is 2.44 bits per heavy atom. The van der Waals surface area contributed by atoms with Gasteiger partial charge in [-0.1, -0.05) is 12.1 Å². The second kappa shape index (κ2) is 7.44. The molecule has 7 heteroatoms. The van der Waals surface area contributed by atoms with E-state index >= 15 is 0 Å². The van der Waals surface area contributed by atoms with E-state index in [0.29, 0.717) is 0 Å². The Balaban J connectivity index is 1.42. The summed E-state index contributed by atoms with van der Waals surface area (Å²) in [4.78, 5) is 13.4. The Hall–Kier alpha value is -2.80. The highest BCUT2D eigenvalue weighted by molar-refractivity contribution is 5.44. The molecule has 0 amide bonds. The SMILES string of the molecule is Cc1cc(C)n(-c2cc(N3CCN(Cc4cccc(F)c4)CC3)ncn2)n1. The maximum Gasteiger partial charge on any atom is 0.159 e. The zero-order valence-corrected chi connectivity index (χ0v) is 15.6. The zero-order chi connectivity index (χ0) is 18.8. The number of piperazine rings is 1. The Kier molecular flexibility index (Phi) is 4.85. The topological polar surface area (TPSA) is 50.1 Å². The average molecular weight is 366 g/mol. The molecule has 1 saturated heterocycles. The molecule has 1 aliphatic rings. The first-order valence-corrected chi connectivity index (χ1v) is 9.16. The van der Waals surface area contributed by atoms with Gasteiger partial charge in [0.05, 0.1) is 5.69 Å². The van der Waals surface area contributed by atoms with Gasteiger partial charge in [0, 0.05) is 44.5 Å². The molecule has 1 aromatic carbocycles. The van der Waals surface area contributed by atoms with Crippen LogP contribution in [0.15, 0.2) is 42.7 Å². The Morgan fingerprint density at radius 1 is 0.963 bits per heavy atom. The molecule has 2 aromatic heterocycles. The first kappa shape index (κ1) is 17.6. The lowest BCUT2D eigenvalue weighted by molar-refractivity contribution is 0.249. The first-order chi connectivity index (χ1) is 13.1. The van der Waals surface area contributed by atoms with Gasteiger partial charge >= 0.3 is 0 Å². The molecule has 4 rings (SSSR count). The summed E-state index contributed by atoms with van der Waals surface area (Å²) in [6, 6.07) is 10.9. The molecule has 0 atom stereocenters.